The van der Waals surface area contributed by atoms with Crippen LogP contribution < -0.4 is 10.9 Å². The number of rotatable bonds is 3. The van der Waals surface area contributed by atoms with Crippen LogP contribution in [-0.2, 0) is 6.54 Å². The smallest absolute Gasteiger partial charge is 0.258 e. The number of halogens is 1. The van der Waals surface area contributed by atoms with Crippen molar-refractivity contribution in [3.63, 3.8) is 0 Å². The number of hydrogen-bond donors (Lipinski definition) is 1. The van der Waals surface area contributed by atoms with Crippen LogP contribution in [-0.4, -0.2) is 64.5 Å². The van der Waals surface area contributed by atoms with Gasteiger partial charge < -0.3 is 5.32 Å². The maximum absolute atomic E-state index is 12.3. The van der Waals surface area contributed by atoms with Crippen molar-refractivity contribution in [1.29, 1.82) is 0 Å². The van der Waals surface area contributed by atoms with Crippen LogP contribution in [0.5, 0.6) is 0 Å². The quantitative estimate of drug-likeness (QED) is 0.878. The van der Waals surface area contributed by atoms with Gasteiger partial charge >= 0.3 is 0 Å². The second-order valence-corrected chi connectivity index (χ2v) is 6.98. The van der Waals surface area contributed by atoms with Gasteiger partial charge in [-0.15, -0.1) is 12.4 Å². The van der Waals surface area contributed by atoms with Gasteiger partial charge in [0.2, 0.25) is 0 Å². The van der Waals surface area contributed by atoms with Crippen LogP contribution in [0.3, 0.4) is 0 Å². The van der Waals surface area contributed by atoms with Gasteiger partial charge in [-0.05, 0) is 31.5 Å². The SMILES string of the molecule is Cc1ccc2nc(CN3CCN(C4CCNC4)CC3)cc(=O)n2c1.Cl. The largest absolute Gasteiger partial charge is 0.315 e. The number of pyridine rings is 1. The number of piperazine rings is 1. The Morgan fingerprint density at radius 3 is 2.76 bits per heavy atom. The summed E-state index contributed by atoms with van der Waals surface area (Å²) in [5, 5.41) is 3.45. The summed E-state index contributed by atoms with van der Waals surface area (Å²) >= 11 is 0. The highest BCUT2D eigenvalue weighted by molar-refractivity contribution is 5.85. The molecule has 0 bridgehead atoms. The van der Waals surface area contributed by atoms with Crippen molar-refractivity contribution >= 4 is 18.1 Å². The van der Waals surface area contributed by atoms with Crippen LogP contribution in [0.15, 0.2) is 29.2 Å². The molecule has 0 spiro atoms. The summed E-state index contributed by atoms with van der Waals surface area (Å²) in [4.78, 5) is 22.0. The molecular formula is C18H26ClN5O. The van der Waals surface area contributed by atoms with Crippen LogP contribution in [0.2, 0.25) is 0 Å². The summed E-state index contributed by atoms with van der Waals surface area (Å²) in [6.07, 6.45) is 3.12. The van der Waals surface area contributed by atoms with Crippen LogP contribution in [0.25, 0.3) is 5.65 Å². The van der Waals surface area contributed by atoms with Crippen molar-refractivity contribution in [3.05, 3.63) is 46.0 Å². The predicted octanol–water partition coefficient (Wildman–Crippen LogP) is 0.904. The lowest BCUT2D eigenvalue weighted by molar-refractivity contribution is 0.0973. The molecule has 1 unspecified atom stereocenters. The highest BCUT2D eigenvalue weighted by Crippen LogP contribution is 2.13. The Bertz CT molecular complexity index is 779. The molecule has 4 rings (SSSR count). The second kappa shape index (κ2) is 7.83. The van der Waals surface area contributed by atoms with Crippen LogP contribution >= 0.6 is 12.4 Å². The fourth-order valence-corrected chi connectivity index (χ4v) is 3.81. The van der Waals surface area contributed by atoms with Gasteiger partial charge in [-0.3, -0.25) is 19.0 Å². The summed E-state index contributed by atoms with van der Waals surface area (Å²) in [7, 11) is 0. The first kappa shape index (κ1) is 18.3. The molecule has 2 aromatic heterocycles. The van der Waals surface area contributed by atoms with Crippen molar-refractivity contribution in [3.8, 4) is 0 Å². The molecule has 136 valence electrons. The van der Waals surface area contributed by atoms with Gasteiger partial charge in [0.1, 0.15) is 5.65 Å². The summed E-state index contributed by atoms with van der Waals surface area (Å²) < 4.78 is 1.63. The number of nitrogens with one attached hydrogen (secondary N) is 1. The van der Waals surface area contributed by atoms with E-state index in [2.05, 4.69) is 20.1 Å². The van der Waals surface area contributed by atoms with Crippen LogP contribution in [0.1, 0.15) is 17.7 Å². The zero-order valence-electron chi connectivity index (χ0n) is 14.6. The average Bonchev–Trinajstić information content (AvgIpc) is 3.11. The summed E-state index contributed by atoms with van der Waals surface area (Å²) in [6.45, 7) is 9.33. The molecule has 7 heteroatoms. The number of aromatic nitrogens is 2. The molecule has 2 aliphatic rings. The monoisotopic (exact) mass is 363 g/mol. The van der Waals surface area contributed by atoms with Gasteiger partial charge in [0.05, 0.1) is 5.69 Å². The molecule has 2 fully saturated rings. The average molecular weight is 364 g/mol. The molecule has 0 amide bonds. The van der Waals surface area contributed by atoms with E-state index >= 15 is 0 Å². The van der Waals surface area contributed by atoms with E-state index in [1.54, 1.807) is 10.5 Å². The van der Waals surface area contributed by atoms with Gasteiger partial charge in [0.25, 0.3) is 5.56 Å². The highest BCUT2D eigenvalue weighted by Gasteiger charge is 2.26. The first-order valence-electron chi connectivity index (χ1n) is 8.85. The van der Waals surface area contributed by atoms with Crippen molar-refractivity contribution in [2.45, 2.75) is 25.9 Å². The fraction of sp³-hybridized carbons (Fsp3) is 0.556. The highest BCUT2D eigenvalue weighted by atomic mass is 35.5. The van der Waals surface area contributed by atoms with E-state index < -0.39 is 0 Å². The van der Waals surface area contributed by atoms with E-state index in [1.165, 1.54) is 6.42 Å². The van der Waals surface area contributed by atoms with Crippen molar-refractivity contribution in [1.82, 2.24) is 24.5 Å². The molecule has 0 aromatic carbocycles. The topological polar surface area (TPSA) is 52.9 Å². The first-order valence-corrected chi connectivity index (χ1v) is 8.85. The molecular weight excluding hydrogens is 338 g/mol. The predicted molar refractivity (Wildman–Crippen MR) is 102 cm³/mol. The Kier molecular flexibility index (Phi) is 5.74. The summed E-state index contributed by atoms with van der Waals surface area (Å²) in [5.41, 5.74) is 2.68. The third kappa shape index (κ3) is 4.03. The van der Waals surface area contributed by atoms with E-state index in [-0.39, 0.29) is 18.0 Å². The Hall–Kier alpha value is -1.47. The van der Waals surface area contributed by atoms with E-state index in [9.17, 15) is 4.79 Å². The zero-order chi connectivity index (χ0) is 16.5. The molecule has 4 heterocycles. The van der Waals surface area contributed by atoms with Crippen molar-refractivity contribution in [2.24, 2.45) is 0 Å². The molecule has 0 aliphatic carbocycles. The van der Waals surface area contributed by atoms with Gasteiger partial charge in [-0.2, -0.15) is 0 Å². The lowest BCUT2D eigenvalue weighted by Crippen LogP contribution is -2.50. The number of aryl methyl sites for hydroxylation is 1. The third-order valence-electron chi connectivity index (χ3n) is 5.20. The molecule has 25 heavy (non-hydrogen) atoms. The molecule has 1 N–H and O–H groups in total. The summed E-state index contributed by atoms with van der Waals surface area (Å²) in [5.74, 6) is 0. The van der Waals surface area contributed by atoms with Crippen LogP contribution in [0.4, 0.5) is 0 Å². The molecule has 2 aromatic rings. The minimum Gasteiger partial charge on any atom is -0.315 e. The van der Waals surface area contributed by atoms with E-state index in [0.717, 1.165) is 62.7 Å². The first-order chi connectivity index (χ1) is 11.7. The fourth-order valence-electron chi connectivity index (χ4n) is 3.81. The molecule has 0 radical (unpaired) electrons. The van der Waals surface area contributed by atoms with Crippen LogP contribution in [0, 0.1) is 6.92 Å². The molecule has 2 aliphatic heterocycles. The minimum absolute atomic E-state index is 0. The van der Waals surface area contributed by atoms with Crippen molar-refractivity contribution < 1.29 is 0 Å². The van der Waals surface area contributed by atoms with E-state index in [4.69, 9.17) is 0 Å². The maximum Gasteiger partial charge on any atom is 0.258 e. The number of fused-ring (bicyclic) bond motifs is 1. The minimum atomic E-state index is 0. The molecule has 2 saturated heterocycles. The maximum atomic E-state index is 12.3. The lowest BCUT2D eigenvalue weighted by atomic mass is 10.2. The second-order valence-electron chi connectivity index (χ2n) is 6.98. The molecule has 1 atom stereocenters. The van der Waals surface area contributed by atoms with Crippen molar-refractivity contribution in [2.75, 3.05) is 39.3 Å². The summed E-state index contributed by atoms with van der Waals surface area (Å²) in [6, 6.07) is 6.31. The Morgan fingerprint density at radius 2 is 2.04 bits per heavy atom. The van der Waals surface area contributed by atoms with E-state index in [1.807, 2.05) is 25.3 Å². The number of nitrogens with zero attached hydrogens (tertiary/aromatic N) is 4. The lowest BCUT2D eigenvalue weighted by Gasteiger charge is -2.37. The zero-order valence-corrected chi connectivity index (χ0v) is 15.5. The number of hydrogen-bond acceptors (Lipinski definition) is 5. The Morgan fingerprint density at radius 1 is 1.24 bits per heavy atom. The Labute approximate surface area is 154 Å². The van der Waals surface area contributed by atoms with Gasteiger partial charge in [-0.1, -0.05) is 6.07 Å². The Balaban J connectivity index is 0.00000182. The van der Waals surface area contributed by atoms with E-state index in [0.29, 0.717) is 6.04 Å². The van der Waals surface area contributed by atoms with Gasteiger partial charge in [0.15, 0.2) is 0 Å². The standard InChI is InChI=1S/C18H25N5O.ClH/c1-14-2-3-17-20-15(10-18(24)23(17)12-14)13-21-6-8-22(9-7-21)16-4-5-19-11-16;/h2-3,10,12,16,19H,4-9,11,13H2,1H3;1H. The third-order valence-corrected chi connectivity index (χ3v) is 5.20. The van der Waals surface area contributed by atoms with Gasteiger partial charge in [0, 0.05) is 57.6 Å². The normalized spacial score (nSPS) is 22.2. The molecule has 0 saturated carbocycles. The molecule has 6 nitrogen and oxygen atoms in total. The van der Waals surface area contributed by atoms with Gasteiger partial charge in [-0.25, -0.2) is 4.98 Å².